The molecule has 0 saturated carbocycles. The monoisotopic (exact) mass is 313 g/mol. The molecule has 120 valence electrons. The van der Waals surface area contributed by atoms with Crippen LogP contribution in [-0.4, -0.2) is 41.3 Å². The first kappa shape index (κ1) is 16.6. The van der Waals surface area contributed by atoms with Crippen molar-refractivity contribution in [1.82, 2.24) is 9.97 Å². The molecule has 1 aromatic heterocycles. The molecule has 0 atom stereocenters. The number of aliphatic carboxylic acids is 1. The van der Waals surface area contributed by atoms with Gasteiger partial charge in [0.15, 0.2) is 0 Å². The molecule has 0 aliphatic rings. The molecule has 6 heteroatoms. The highest BCUT2D eigenvalue weighted by molar-refractivity contribution is 5.85. The highest BCUT2D eigenvalue weighted by Crippen LogP contribution is 2.19. The van der Waals surface area contributed by atoms with E-state index in [0.29, 0.717) is 12.4 Å². The quantitative estimate of drug-likeness (QED) is 0.576. The Hall–Kier alpha value is -2.73. The van der Waals surface area contributed by atoms with Crippen LogP contribution in [0.3, 0.4) is 0 Å². The summed E-state index contributed by atoms with van der Waals surface area (Å²) >= 11 is 0. The summed E-state index contributed by atoms with van der Waals surface area (Å²) in [5.41, 5.74) is 2.41. The number of ether oxygens (including phenoxy) is 1. The number of carboxylic acids is 1. The fraction of sp³-hybridized carbons (Fsp3) is 0.235. The van der Waals surface area contributed by atoms with Gasteiger partial charge in [-0.25, -0.2) is 9.78 Å². The van der Waals surface area contributed by atoms with Crippen molar-refractivity contribution < 1.29 is 14.6 Å². The van der Waals surface area contributed by atoms with Crippen LogP contribution in [0.5, 0.6) is 0 Å². The van der Waals surface area contributed by atoms with Crippen molar-refractivity contribution in [2.24, 2.45) is 0 Å². The molecule has 0 bridgehead atoms. The maximum Gasteiger partial charge on any atom is 0.328 e. The van der Waals surface area contributed by atoms with Crippen LogP contribution in [0.15, 0.2) is 42.7 Å². The normalized spacial score (nSPS) is 10.8. The number of methoxy groups -OCH3 is 1. The summed E-state index contributed by atoms with van der Waals surface area (Å²) in [6.45, 7) is 1.45. The number of hydrogen-bond acceptors (Lipinski definition) is 5. The lowest BCUT2D eigenvalue weighted by Gasteiger charge is -2.07. The Kier molecular flexibility index (Phi) is 6.26. The second-order valence-electron chi connectivity index (χ2n) is 4.86. The first-order chi connectivity index (χ1) is 11.2. The minimum Gasteiger partial charge on any atom is -0.478 e. The number of rotatable bonds is 8. The number of anilines is 1. The molecule has 2 rings (SSSR count). The predicted molar refractivity (Wildman–Crippen MR) is 89.1 cm³/mol. The van der Waals surface area contributed by atoms with Gasteiger partial charge in [-0.05, 0) is 24.1 Å². The van der Waals surface area contributed by atoms with Gasteiger partial charge in [0.05, 0.1) is 18.1 Å². The summed E-state index contributed by atoms with van der Waals surface area (Å²) < 4.78 is 5.00. The molecular weight excluding hydrogens is 294 g/mol. The number of hydrogen-bond donors (Lipinski definition) is 2. The van der Waals surface area contributed by atoms with Gasteiger partial charge in [0.1, 0.15) is 5.82 Å². The van der Waals surface area contributed by atoms with Crippen LogP contribution < -0.4 is 5.32 Å². The molecule has 6 nitrogen and oxygen atoms in total. The van der Waals surface area contributed by atoms with E-state index in [-0.39, 0.29) is 0 Å². The van der Waals surface area contributed by atoms with Gasteiger partial charge in [-0.2, -0.15) is 0 Å². The van der Waals surface area contributed by atoms with Crippen LogP contribution in [0.25, 0.3) is 17.3 Å². The van der Waals surface area contributed by atoms with Gasteiger partial charge in [-0.1, -0.05) is 18.2 Å². The number of nitrogens with one attached hydrogen (secondary N) is 1. The average molecular weight is 313 g/mol. The molecule has 2 aromatic rings. The zero-order chi connectivity index (χ0) is 16.5. The summed E-state index contributed by atoms with van der Waals surface area (Å²) in [4.78, 5) is 19.3. The van der Waals surface area contributed by atoms with Gasteiger partial charge >= 0.3 is 5.97 Å². The highest BCUT2D eigenvalue weighted by Gasteiger charge is 2.03. The molecule has 1 aromatic carbocycles. The van der Waals surface area contributed by atoms with E-state index in [1.54, 1.807) is 25.6 Å². The number of aromatic nitrogens is 2. The first-order valence-corrected chi connectivity index (χ1v) is 7.25. The minimum atomic E-state index is -0.975. The Morgan fingerprint density at radius 1 is 1.39 bits per heavy atom. The summed E-state index contributed by atoms with van der Waals surface area (Å²) in [5, 5.41) is 11.9. The molecule has 2 N–H and O–H groups in total. The van der Waals surface area contributed by atoms with E-state index in [2.05, 4.69) is 15.3 Å². The van der Waals surface area contributed by atoms with Crippen LogP contribution in [0.4, 0.5) is 5.82 Å². The molecule has 0 aliphatic carbocycles. The summed E-state index contributed by atoms with van der Waals surface area (Å²) in [6.07, 6.45) is 6.90. The second-order valence-corrected chi connectivity index (χ2v) is 4.86. The van der Waals surface area contributed by atoms with Crippen molar-refractivity contribution in [2.45, 2.75) is 6.42 Å². The van der Waals surface area contributed by atoms with Crippen molar-refractivity contribution in [3.05, 3.63) is 48.3 Å². The standard InChI is InChI=1S/C17H19N3O3/c1-23-9-3-8-19-16-12-18-11-15(20-16)14-5-2-4-13(10-14)6-7-17(21)22/h2,4-7,10-12H,3,8-9H2,1H3,(H,19,20)(H,21,22)/b7-6+. The maximum absolute atomic E-state index is 10.6. The van der Waals surface area contributed by atoms with Gasteiger partial charge in [0.2, 0.25) is 0 Å². The van der Waals surface area contributed by atoms with Gasteiger partial charge in [0.25, 0.3) is 0 Å². The predicted octanol–water partition coefficient (Wildman–Crippen LogP) is 2.69. The number of nitrogens with zero attached hydrogens (tertiary/aromatic N) is 2. The van der Waals surface area contributed by atoms with E-state index >= 15 is 0 Å². The third-order valence-corrected chi connectivity index (χ3v) is 3.07. The van der Waals surface area contributed by atoms with Crippen LogP contribution >= 0.6 is 0 Å². The molecule has 0 amide bonds. The molecule has 0 radical (unpaired) electrons. The lowest BCUT2D eigenvalue weighted by Crippen LogP contribution is -2.06. The largest absolute Gasteiger partial charge is 0.478 e. The highest BCUT2D eigenvalue weighted by atomic mass is 16.5. The Morgan fingerprint density at radius 3 is 3.04 bits per heavy atom. The van der Waals surface area contributed by atoms with E-state index in [1.807, 2.05) is 24.3 Å². The summed E-state index contributed by atoms with van der Waals surface area (Å²) in [7, 11) is 1.67. The van der Waals surface area contributed by atoms with Crippen molar-refractivity contribution in [3.63, 3.8) is 0 Å². The smallest absolute Gasteiger partial charge is 0.328 e. The zero-order valence-corrected chi connectivity index (χ0v) is 12.9. The van der Waals surface area contributed by atoms with Crippen molar-refractivity contribution in [1.29, 1.82) is 0 Å². The van der Waals surface area contributed by atoms with E-state index in [4.69, 9.17) is 9.84 Å². The van der Waals surface area contributed by atoms with E-state index in [1.165, 1.54) is 0 Å². The molecule has 0 saturated heterocycles. The van der Waals surface area contributed by atoms with Crippen LogP contribution in [0, 0.1) is 0 Å². The van der Waals surface area contributed by atoms with Crippen LogP contribution in [0.2, 0.25) is 0 Å². The molecule has 0 unspecified atom stereocenters. The number of carbonyl (C=O) groups is 1. The fourth-order valence-electron chi connectivity index (χ4n) is 1.99. The van der Waals surface area contributed by atoms with Gasteiger partial charge in [-0.3, -0.25) is 4.98 Å². The van der Waals surface area contributed by atoms with Crippen molar-refractivity contribution in [2.75, 3.05) is 25.6 Å². The summed E-state index contributed by atoms with van der Waals surface area (Å²) in [5.74, 6) is -0.275. The SMILES string of the molecule is COCCCNc1cncc(-c2cccc(/C=C/C(=O)O)c2)n1. The topological polar surface area (TPSA) is 84.3 Å². The Labute approximate surface area is 134 Å². The minimum absolute atomic E-state index is 0.693. The maximum atomic E-state index is 10.6. The van der Waals surface area contributed by atoms with Crippen LogP contribution in [-0.2, 0) is 9.53 Å². The molecule has 23 heavy (non-hydrogen) atoms. The van der Waals surface area contributed by atoms with E-state index in [9.17, 15) is 4.79 Å². The average Bonchev–Trinajstić information content (AvgIpc) is 2.57. The van der Waals surface area contributed by atoms with Crippen LogP contribution in [0.1, 0.15) is 12.0 Å². The third-order valence-electron chi connectivity index (χ3n) is 3.07. The van der Waals surface area contributed by atoms with Gasteiger partial charge in [-0.15, -0.1) is 0 Å². The molecule has 0 aliphatic heterocycles. The van der Waals surface area contributed by atoms with Gasteiger partial charge in [0, 0.05) is 31.9 Å². The number of carboxylic acid groups (broad SMARTS) is 1. The summed E-state index contributed by atoms with van der Waals surface area (Å²) in [6, 6.07) is 7.48. The molecule has 0 spiro atoms. The second kappa shape index (κ2) is 8.65. The van der Waals surface area contributed by atoms with E-state index in [0.717, 1.165) is 35.9 Å². The molecule has 1 heterocycles. The lowest BCUT2D eigenvalue weighted by molar-refractivity contribution is -0.131. The van der Waals surface area contributed by atoms with Gasteiger partial charge < -0.3 is 15.2 Å². The molecular formula is C17H19N3O3. The first-order valence-electron chi connectivity index (χ1n) is 7.25. The lowest BCUT2D eigenvalue weighted by atomic mass is 10.1. The fourth-order valence-corrected chi connectivity index (χ4v) is 1.99. The van der Waals surface area contributed by atoms with Crippen molar-refractivity contribution in [3.8, 4) is 11.3 Å². The third kappa shape index (κ3) is 5.52. The zero-order valence-electron chi connectivity index (χ0n) is 12.9. The Balaban J connectivity index is 2.12. The van der Waals surface area contributed by atoms with Crippen molar-refractivity contribution >= 4 is 17.9 Å². The molecule has 0 fully saturated rings. The van der Waals surface area contributed by atoms with E-state index < -0.39 is 5.97 Å². The number of benzene rings is 1. The Bertz CT molecular complexity index is 686. The Morgan fingerprint density at radius 2 is 2.26 bits per heavy atom.